The molecule has 1 aromatic carbocycles. The Morgan fingerprint density at radius 3 is 2.29 bits per heavy atom. The first kappa shape index (κ1) is 11.9. The minimum absolute atomic E-state index is 0.0962. The molecule has 0 radical (unpaired) electrons. The van der Waals surface area contributed by atoms with Crippen LogP contribution in [-0.2, 0) is 5.54 Å². The average molecular weight is 242 g/mol. The number of nitro groups is 1. The molecule has 6 heteroatoms. The van der Waals surface area contributed by atoms with Crippen LogP contribution < -0.4 is 5.73 Å². The van der Waals surface area contributed by atoms with Crippen molar-refractivity contribution in [2.45, 2.75) is 31.2 Å². The van der Waals surface area contributed by atoms with Gasteiger partial charge in [-0.05, 0) is 18.9 Å². The molecule has 4 nitrogen and oxygen atoms in total. The van der Waals surface area contributed by atoms with Crippen molar-refractivity contribution in [3.05, 3.63) is 39.4 Å². The molecule has 0 amide bonds. The molecule has 0 bridgehead atoms. The third-order valence-corrected chi connectivity index (χ3v) is 3.27. The van der Waals surface area contributed by atoms with Crippen LogP contribution in [0.4, 0.5) is 14.5 Å². The first-order chi connectivity index (χ1) is 7.94. The van der Waals surface area contributed by atoms with E-state index in [1.165, 1.54) is 0 Å². The van der Waals surface area contributed by atoms with Crippen molar-refractivity contribution < 1.29 is 13.7 Å². The van der Waals surface area contributed by atoms with Crippen molar-refractivity contribution in [2.75, 3.05) is 0 Å². The fourth-order valence-corrected chi connectivity index (χ4v) is 2.36. The van der Waals surface area contributed by atoms with E-state index in [-0.39, 0.29) is 5.56 Å². The van der Waals surface area contributed by atoms with Crippen LogP contribution in [0.1, 0.15) is 31.2 Å². The van der Waals surface area contributed by atoms with Gasteiger partial charge < -0.3 is 5.73 Å². The average Bonchev–Trinajstić information content (AvgIpc) is 2.69. The number of nitrogens with two attached hydrogens (primary N) is 1. The van der Waals surface area contributed by atoms with Crippen LogP contribution >= 0.6 is 0 Å². The smallest absolute Gasteiger partial charge is 0.277 e. The summed E-state index contributed by atoms with van der Waals surface area (Å²) in [4.78, 5) is 10.1. The van der Waals surface area contributed by atoms with Gasteiger partial charge in [0.1, 0.15) is 0 Å². The van der Waals surface area contributed by atoms with Gasteiger partial charge in [0.2, 0.25) is 0 Å². The lowest BCUT2D eigenvalue weighted by Gasteiger charge is -2.23. The molecule has 1 aliphatic carbocycles. The second-order valence-corrected chi connectivity index (χ2v) is 4.40. The molecule has 2 N–H and O–H groups in total. The number of hydrogen-bond donors (Lipinski definition) is 1. The first-order valence-corrected chi connectivity index (χ1v) is 5.37. The fourth-order valence-electron chi connectivity index (χ4n) is 2.36. The van der Waals surface area contributed by atoms with E-state index in [2.05, 4.69) is 0 Å². The Bertz CT molecular complexity index is 471. The van der Waals surface area contributed by atoms with Crippen LogP contribution in [0.5, 0.6) is 0 Å². The van der Waals surface area contributed by atoms with Crippen molar-refractivity contribution >= 4 is 5.69 Å². The highest BCUT2D eigenvalue weighted by Crippen LogP contribution is 2.41. The van der Waals surface area contributed by atoms with Crippen LogP contribution in [0.25, 0.3) is 0 Å². The molecule has 0 atom stereocenters. The number of benzene rings is 1. The highest BCUT2D eigenvalue weighted by molar-refractivity contribution is 5.46. The molecule has 0 spiro atoms. The van der Waals surface area contributed by atoms with Crippen molar-refractivity contribution in [3.8, 4) is 0 Å². The van der Waals surface area contributed by atoms with Gasteiger partial charge in [-0.1, -0.05) is 12.8 Å². The van der Waals surface area contributed by atoms with Gasteiger partial charge >= 0.3 is 0 Å². The second-order valence-electron chi connectivity index (χ2n) is 4.40. The normalized spacial score (nSPS) is 18.3. The zero-order valence-corrected chi connectivity index (χ0v) is 9.08. The molecule has 1 aliphatic rings. The Morgan fingerprint density at radius 2 is 1.76 bits per heavy atom. The van der Waals surface area contributed by atoms with Crippen LogP contribution in [0.3, 0.4) is 0 Å². The number of rotatable bonds is 2. The molecule has 2 rings (SSSR count). The van der Waals surface area contributed by atoms with Crippen molar-refractivity contribution in [3.63, 3.8) is 0 Å². The van der Waals surface area contributed by atoms with E-state index >= 15 is 0 Å². The molecule has 0 aromatic heterocycles. The van der Waals surface area contributed by atoms with Gasteiger partial charge in [0, 0.05) is 5.54 Å². The number of nitrogens with zero attached hydrogens (tertiary/aromatic N) is 1. The minimum atomic E-state index is -1.22. The van der Waals surface area contributed by atoms with E-state index in [1.807, 2.05) is 0 Å². The summed E-state index contributed by atoms with van der Waals surface area (Å²) in [5.74, 6) is -2.32. The Morgan fingerprint density at radius 1 is 1.24 bits per heavy atom. The van der Waals surface area contributed by atoms with E-state index < -0.39 is 27.8 Å². The van der Waals surface area contributed by atoms with Crippen LogP contribution in [0.2, 0.25) is 0 Å². The Hall–Kier alpha value is -1.56. The summed E-state index contributed by atoms with van der Waals surface area (Å²) in [6, 6.07) is 1.47. The topological polar surface area (TPSA) is 69.2 Å². The second kappa shape index (κ2) is 4.03. The SMILES string of the molecule is NC1(c2cc(F)c(F)cc2[N+](=O)[O-])CCCC1. The molecule has 1 fully saturated rings. The van der Waals surface area contributed by atoms with E-state index in [4.69, 9.17) is 5.73 Å². The van der Waals surface area contributed by atoms with Crippen molar-refractivity contribution in [1.82, 2.24) is 0 Å². The molecule has 1 saturated carbocycles. The molecular formula is C11H12F2N2O2. The Balaban J connectivity index is 2.58. The Kier molecular flexibility index (Phi) is 2.82. The summed E-state index contributed by atoms with van der Waals surface area (Å²) in [7, 11) is 0. The van der Waals surface area contributed by atoms with Gasteiger partial charge in [0.05, 0.1) is 16.6 Å². The highest BCUT2D eigenvalue weighted by atomic mass is 19.2. The lowest BCUT2D eigenvalue weighted by atomic mass is 9.88. The number of halogens is 2. The summed E-state index contributed by atoms with van der Waals surface area (Å²) in [5, 5.41) is 10.8. The van der Waals surface area contributed by atoms with E-state index in [0.29, 0.717) is 18.9 Å². The van der Waals surface area contributed by atoms with Crippen LogP contribution in [0.15, 0.2) is 12.1 Å². The van der Waals surface area contributed by atoms with Crippen molar-refractivity contribution in [1.29, 1.82) is 0 Å². The lowest BCUT2D eigenvalue weighted by Crippen LogP contribution is -2.34. The predicted octanol–water partition coefficient (Wildman–Crippen LogP) is 2.60. The van der Waals surface area contributed by atoms with E-state index in [0.717, 1.165) is 18.9 Å². The zero-order chi connectivity index (χ0) is 12.6. The number of nitro benzene ring substituents is 1. The van der Waals surface area contributed by atoms with E-state index in [1.54, 1.807) is 0 Å². The maximum Gasteiger partial charge on any atom is 0.277 e. The monoisotopic (exact) mass is 242 g/mol. The summed E-state index contributed by atoms with van der Waals surface area (Å²) >= 11 is 0. The molecule has 0 unspecified atom stereocenters. The largest absolute Gasteiger partial charge is 0.321 e. The molecule has 0 heterocycles. The maximum absolute atomic E-state index is 13.2. The third kappa shape index (κ3) is 2.00. The summed E-state index contributed by atoms with van der Waals surface area (Å²) < 4.78 is 26.2. The summed E-state index contributed by atoms with van der Waals surface area (Å²) in [5.41, 5.74) is 4.80. The van der Waals surface area contributed by atoms with Crippen molar-refractivity contribution in [2.24, 2.45) is 5.73 Å². The molecule has 92 valence electrons. The zero-order valence-electron chi connectivity index (χ0n) is 9.08. The summed E-state index contributed by atoms with van der Waals surface area (Å²) in [6.45, 7) is 0. The van der Waals surface area contributed by atoms with Crippen LogP contribution in [0, 0.1) is 21.7 Å². The molecular weight excluding hydrogens is 230 g/mol. The molecule has 0 saturated heterocycles. The van der Waals surface area contributed by atoms with Gasteiger partial charge in [-0.25, -0.2) is 8.78 Å². The molecule has 17 heavy (non-hydrogen) atoms. The van der Waals surface area contributed by atoms with Gasteiger partial charge in [0.15, 0.2) is 11.6 Å². The van der Waals surface area contributed by atoms with E-state index in [9.17, 15) is 18.9 Å². The van der Waals surface area contributed by atoms with Crippen LogP contribution in [-0.4, -0.2) is 4.92 Å². The maximum atomic E-state index is 13.2. The van der Waals surface area contributed by atoms with Gasteiger partial charge in [0.25, 0.3) is 5.69 Å². The quantitative estimate of drug-likeness (QED) is 0.640. The predicted molar refractivity (Wildman–Crippen MR) is 57.3 cm³/mol. The highest BCUT2D eigenvalue weighted by Gasteiger charge is 2.37. The number of hydrogen-bond acceptors (Lipinski definition) is 3. The molecule has 1 aromatic rings. The fraction of sp³-hybridized carbons (Fsp3) is 0.455. The summed E-state index contributed by atoms with van der Waals surface area (Å²) in [6.07, 6.45) is 2.79. The van der Waals surface area contributed by atoms with Gasteiger partial charge in [-0.15, -0.1) is 0 Å². The third-order valence-electron chi connectivity index (χ3n) is 3.27. The first-order valence-electron chi connectivity index (χ1n) is 5.37. The molecule has 0 aliphatic heterocycles. The lowest BCUT2D eigenvalue weighted by molar-refractivity contribution is -0.386. The standard InChI is InChI=1S/C11H12F2N2O2/c12-8-5-7(11(14)3-1-2-4-11)10(15(16)17)6-9(8)13/h5-6H,1-4,14H2. The Labute approximate surface area is 96.6 Å². The minimum Gasteiger partial charge on any atom is -0.321 e. The van der Waals surface area contributed by atoms with Gasteiger partial charge in [-0.2, -0.15) is 0 Å². The van der Waals surface area contributed by atoms with Gasteiger partial charge in [-0.3, -0.25) is 10.1 Å².